The number of carbonyl (C=O) groups excluding carboxylic acids is 2. The van der Waals surface area contributed by atoms with Gasteiger partial charge >= 0.3 is 0 Å². The molecular weight excluding hydrogens is 556 g/mol. The minimum absolute atomic E-state index is 0.0189. The molecule has 2 bridgehead atoms. The summed E-state index contributed by atoms with van der Waals surface area (Å²) in [6.07, 6.45) is 7.27. The normalized spacial score (nSPS) is 22.5. The van der Waals surface area contributed by atoms with E-state index in [2.05, 4.69) is 5.32 Å². The van der Waals surface area contributed by atoms with Crippen LogP contribution in [-0.2, 0) is 16.0 Å². The first kappa shape index (κ1) is 27.6. The molecule has 1 aliphatic heterocycles. The van der Waals surface area contributed by atoms with Gasteiger partial charge in [0.05, 0.1) is 12.0 Å². The second kappa shape index (κ2) is 12.1. The lowest BCUT2D eigenvalue weighted by atomic mass is 9.94. The van der Waals surface area contributed by atoms with Gasteiger partial charge in [0.1, 0.15) is 27.3 Å². The molecule has 212 valence electrons. The number of fused-ring (bicyclic) bond motifs is 2. The molecule has 41 heavy (non-hydrogen) atoms. The highest BCUT2D eigenvalue weighted by Crippen LogP contribution is 2.49. The van der Waals surface area contributed by atoms with Gasteiger partial charge in [-0.15, -0.1) is 0 Å². The standard InChI is InChI=1S/C32H32N2O5S2/c1-37-25-15-23(16-26(17-25)38-19-30(35)33-12-11-20-5-3-2-4-6-20)28-10-9-24(39-28)18-29-31(36)34(32(40)41-29)27-14-21-7-8-22(27)13-21/h2-6,9-10,15-18,21-22,27H,7-8,11-14,19H2,1H3,(H,33,35)/b29-18-. The van der Waals surface area contributed by atoms with Crippen LogP contribution in [0.1, 0.15) is 37.0 Å². The van der Waals surface area contributed by atoms with Crippen LogP contribution >= 0.6 is 24.0 Å². The zero-order chi connectivity index (χ0) is 28.3. The van der Waals surface area contributed by atoms with Crippen LogP contribution in [0.15, 0.2) is 70.0 Å². The summed E-state index contributed by atoms with van der Waals surface area (Å²) >= 11 is 6.97. The fourth-order valence-electron chi connectivity index (χ4n) is 6.11. The van der Waals surface area contributed by atoms with Crippen molar-refractivity contribution in [3.05, 3.63) is 76.9 Å². The Hall–Kier alpha value is -3.56. The van der Waals surface area contributed by atoms with Crippen molar-refractivity contribution in [2.75, 3.05) is 20.3 Å². The Morgan fingerprint density at radius 3 is 2.71 bits per heavy atom. The number of thiocarbonyl (C=S) groups is 1. The fraction of sp³-hybridized carbons (Fsp3) is 0.344. The summed E-state index contributed by atoms with van der Waals surface area (Å²) in [6, 6.07) is 19.3. The monoisotopic (exact) mass is 588 g/mol. The summed E-state index contributed by atoms with van der Waals surface area (Å²) in [5.41, 5.74) is 1.90. The molecule has 0 spiro atoms. The van der Waals surface area contributed by atoms with Gasteiger partial charge in [0, 0.05) is 30.3 Å². The van der Waals surface area contributed by atoms with Gasteiger partial charge in [0.15, 0.2) is 6.61 Å². The van der Waals surface area contributed by atoms with Crippen molar-refractivity contribution in [3.63, 3.8) is 0 Å². The Balaban J connectivity index is 1.09. The molecule has 3 atom stereocenters. The largest absolute Gasteiger partial charge is 0.497 e. The summed E-state index contributed by atoms with van der Waals surface area (Å²) in [5, 5.41) is 2.89. The van der Waals surface area contributed by atoms with Gasteiger partial charge in [-0.05, 0) is 67.3 Å². The summed E-state index contributed by atoms with van der Waals surface area (Å²) in [7, 11) is 1.57. The maximum Gasteiger partial charge on any atom is 0.266 e. The lowest BCUT2D eigenvalue weighted by Crippen LogP contribution is -2.41. The van der Waals surface area contributed by atoms with Gasteiger partial charge < -0.3 is 19.2 Å². The quantitative estimate of drug-likeness (QED) is 0.227. The van der Waals surface area contributed by atoms with Crippen LogP contribution in [0.3, 0.4) is 0 Å². The predicted octanol–water partition coefficient (Wildman–Crippen LogP) is 6.08. The first-order valence-corrected chi connectivity index (χ1v) is 15.2. The Morgan fingerprint density at radius 2 is 1.95 bits per heavy atom. The zero-order valence-corrected chi connectivity index (χ0v) is 24.5. The number of thioether (sulfide) groups is 1. The van der Waals surface area contributed by atoms with Crippen molar-refractivity contribution < 1.29 is 23.5 Å². The third-order valence-corrected chi connectivity index (χ3v) is 9.44. The molecule has 2 aliphatic carbocycles. The number of nitrogens with zero attached hydrogens (tertiary/aromatic N) is 1. The van der Waals surface area contributed by atoms with E-state index in [9.17, 15) is 9.59 Å². The average Bonchev–Trinajstić information content (AvgIpc) is 3.78. The number of rotatable bonds is 10. The number of benzene rings is 2. The maximum absolute atomic E-state index is 13.3. The van der Waals surface area contributed by atoms with Crippen LogP contribution in [0.25, 0.3) is 17.4 Å². The number of furan rings is 1. The first-order chi connectivity index (χ1) is 20.0. The number of methoxy groups -OCH3 is 1. The van der Waals surface area contributed by atoms with Crippen LogP contribution in [0.4, 0.5) is 0 Å². The molecule has 2 saturated carbocycles. The minimum Gasteiger partial charge on any atom is -0.497 e. The van der Waals surface area contributed by atoms with Gasteiger partial charge in [-0.2, -0.15) is 0 Å². The van der Waals surface area contributed by atoms with E-state index in [-0.39, 0.29) is 24.5 Å². The van der Waals surface area contributed by atoms with E-state index in [1.54, 1.807) is 25.3 Å². The molecular formula is C32H32N2O5S2. The van der Waals surface area contributed by atoms with Gasteiger partial charge in [0.25, 0.3) is 11.8 Å². The Morgan fingerprint density at radius 1 is 1.12 bits per heavy atom. The molecule has 3 aliphatic rings. The lowest BCUT2D eigenvalue weighted by Gasteiger charge is -2.30. The van der Waals surface area contributed by atoms with E-state index < -0.39 is 0 Å². The molecule has 2 aromatic carbocycles. The SMILES string of the molecule is COc1cc(OCC(=O)NCCc2ccccc2)cc(-c2ccc(/C=C3\SC(=S)N(C4CC5CCC4C5)C3=O)o2)c1. The first-order valence-electron chi connectivity index (χ1n) is 14.0. The molecule has 9 heteroatoms. The lowest BCUT2D eigenvalue weighted by molar-refractivity contribution is -0.124. The number of nitrogens with one attached hydrogen (secondary N) is 1. The fourth-order valence-corrected chi connectivity index (χ4v) is 7.47. The van der Waals surface area contributed by atoms with Gasteiger partial charge in [-0.3, -0.25) is 14.5 Å². The summed E-state index contributed by atoms with van der Waals surface area (Å²) in [6.45, 7) is 0.417. The van der Waals surface area contributed by atoms with Crippen LogP contribution in [0, 0.1) is 11.8 Å². The summed E-state index contributed by atoms with van der Waals surface area (Å²) in [5.74, 6) is 3.31. The molecule has 2 amide bonds. The highest BCUT2D eigenvalue weighted by Gasteiger charge is 2.48. The highest BCUT2D eigenvalue weighted by atomic mass is 32.2. The van der Waals surface area contributed by atoms with Gasteiger partial charge in [0.2, 0.25) is 0 Å². The number of hydrogen-bond donors (Lipinski definition) is 1. The van der Waals surface area contributed by atoms with E-state index in [1.165, 1.54) is 31.0 Å². The third-order valence-electron chi connectivity index (χ3n) is 8.10. The maximum atomic E-state index is 13.3. The molecule has 2 heterocycles. The number of amides is 2. The van der Waals surface area contributed by atoms with E-state index in [0.717, 1.165) is 29.9 Å². The van der Waals surface area contributed by atoms with Crippen molar-refractivity contribution in [2.24, 2.45) is 11.8 Å². The van der Waals surface area contributed by atoms with Crippen molar-refractivity contribution in [1.82, 2.24) is 10.2 Å². The highest BCUT2D eigenvalue weighted by molar-refractivity contribution is 8.26. The summed E-state index contributed by atoms with van der Waals surface area (Å²) in [4.78, 5) is 28.1. The molecule has 7 nitrogen and oxygen atoms in total. The van der Waals surface area contributed by atoms with Crippen LogP contribution < -0.4 is 14.8 Å². The molecule has 1 saturated heterocycles. The van der Waals surface area contributed by atoms with Crippen molar-refractivity contribution >= 4 is 46.2 Å². The molecule has 1 aromatic heterocycles. The van der Waals surface area contributed by atoms with E-state index in [4.69, 9.17) is 26.1 Å². The molecule has 1 N–H and O–H groups in total. The number of carbonyl (C=O) groups is 2. The van der Waals surface area contributed by atoms with Crippen LogP contribution in [0.5, 0.6) is 11.5 Å². The Bertz CT molecular complexity index is 1480. The Kier molecular flexibility index (Phi) is 8.16. The van der Waals surface area contributed by atoms with Crippen LogP contribution in [-0.4, -0.2) is 47.3 Å². The number of ether oxygens (including phenoxy) is 2. The van der Waals surface area contributed by atoms with Crippen molar-refractivity contribution in [3.8, 4) is 22.8 Å². The average molecular weight is 589 g/mol. The predicted molar refractivity (Wildman–Crippen MR) is 164 cm³/mol. The smallest absolute Gasteiger partial charge is 0.266 e. The summed E-state index contributed by atoms with van der Waals surface area (Å²) < 4.78 is 18.0. The molecule has 3 aromatic rings. The number of hydrogen-bond acceptors (Lipinski definition) is 7. The second-order valence-electron chi connectivity index (χ2n) is 10.8. The van der Waals surface area contributed by atoms with E-state index in [1.807, 2.05) is 53.4 Å². The second-order valence-corrected chi connectivity index (χ2v) is 12.4. The van der Waals surface area contributed by atoms with Crippen molar-refractivity contribution in [1.29, 1.82) is 0 Å². The Labute approximate surface area is 249 Å². The molecule has 0 radical (unpaired) electrons. The molecule has 3 unspecified atom stereocenters. The minimum atomic E-state index is -0.201. The zero-order valence-electron chi connectivity index (χ0n) is 22.8. The molecule has 3 fully saturated rings. The third kappa shape index (κ3) is 6.21. The van der Waals surface area contributed by atoms with Crippen molar-refractivity contribution in [2.45, 2.75) is 38.1 Å². The van der Waals surface area contributed by atoms with E-state index >= 15 is 0 Å². The van der Waals surface area contributed by atoms with Gasteiger partial charge in [-0.1, -0.05) is 60.7 Å². The topological polar surface area (TPSA) is 81.0 Å². The van der Waals surface area contributed by atoms with Gasteiger partial charge in [-0.25, -0.2) is 0 Å². The molecule has 6 rings (SSSR count). The van der Waals surface area contributed by atoms with E-state index in [0.29, 0.717) is 44.7 Å². The van der Waals surface area contributed by atoms with Crippen LogP contribution in [0.2, 0.25) is 0 Å².